The number of hydrogen-bond donors (Lipinski definition) is 2. The number of ether oxygens (including phenoxy) is 1. The van der Waals surface area contributed by atoms with Crippen LogP contribution in [-0.4, -0.2) is 27.7 Å². The van der Waals surface area contributed by atoms with Gasteiger partial charge in [0.15, 0.2) is 5.16 Å². The van der Waals surface area contributed by atoms with Crippen LogP contribution < -0.4 is 15.6 Å². The standard InChI is InChI=1S/C22H20N4O3S/c1-3-29-18-12-8-7-11-17(18)24-20(27)14(2)30-22-25-19(15-9-5-4-6-10-15)16(13-23)21(28)26-22/h4-12,14H,3H2,1-2H3,(H,24,27)(H,25,26,28). The molecule has 30 heavy (non-hydrogen) atoms. The van der Waals surface area contributed by atoms with E-state index < -0.39 is 10.8 Å². The van der Waals surface area contributed by atoms with Gasteiger partial charge in [-0.2, -0.15) is 5.26 Å². The topological polar surface area (TPSA) is 108 Å². The summed E-state index contributed by atoms with van der Waals surface area (Å²) in [7, 11) is 0. The Morgan fingerprint density at radius 1 is 1.23 bits per heavy atom. The molecule has 2 aromatic carbocycles. The first kappa shape index (κ1) is 21.1. The van der Waals surface area contributed by atoms with Gasteiger partial charge in [-0.25, -0.2) is 4.98 Å². The quantitative estimate of drug-likeness (QED) is 0.444. The fourth-order valence-corrected chi connectivity index (χ4v) is 3.52. The second-order valence-electron chi connectivity index (χ2n) is 6.25. The number of aromatic nitrogens is 2. The van der Waals surface area contributed by atoms with Gasteiger partial charge in [0, 0.05) is 5.56 Å². The number of hydrogen-bond acceptors (Lipinski definition) is 6. The molecule has 1 unspecified atom stereocenters. The Kier molecular flexibility index (Phi) is 6.88. The zero-order valence-corrected chi connectivity index (χ0v) is 17.3. The van der Waals surface area contributed by atoms with Crippen LogP contribution in [0.15, 0.2) is 64.5 Å². The molecule has 0 saturated heterocycles. The number of H-pyrrole nitrogens is 1. The summed E-state index contributed by atoms with van der Waals surface area (Å²) in [4.78, 5) is 32.1. The summed E-state index contributed by atoms with van der Waals surface area (Å²) >= 11 is 1.10. The van der Waals surface area contributed by atoms with Crippen LogP contribution in [0.5, 0.6) is 5.75 Å². The second-order valence-corrected chi connectivity index (χ2v) is 7.58. The Bertz CT molecular complexity index is 1140. The van der Waals surface area contributed by atoms with Gasteiger partial charge in [-0.05, 0) is 26.0 Å². The molecule has 0 aliphatic rings. The van der Waals surface area contributed by atoms with Crippen molar-refractivity contribution in [3.63, 3.8) is 0 Å². The van der Waals surface area contributed by atoms with Gasteiger partial charge in [-0.15, -0.1) is 0 Å². The van der Waals surface area contributed by atoms with E-state index in [9.17, 15) is 14.9 Å². The number of para-hydroxylation sites is 2. The van der Waals surface area contributed by atoms with Crippen LogP contribution in [0.3, 0.4) is 0 Å². The Balaban J connectivity index is 1.83. The van der Waals surface area contributed by atoms with E-state index in [1.54, 1.807) is 43.3 Å². The molecule has 3 rings (SSSR count). The van der Waals surface area contributed by atoms with Gasteiger partial charge in [0.05, 0.1) is 23.2 Å². The number of benzene rings is 2. The van der Waals surface area contributed by atoms with Crippen molar-refractivity contribution in [3.8, 4) is 23.1 Å². The monoisotopic (exact) mass is 420 g/mol. The lowest BCUT2D eigenvalue weighted by Crippen LogP contribution is -2.24. The van der Waals surface area contributed by atoms with E-state index in [1.807, 2.05) is 31.2 Å². The first-order valence-corrected chi connectivity index (χ1v) is 10.2. The number of carbonyl (C=O) groups is 1. The molecule has 0 radical (unpaired) electrons. The van der Waals surface area contributed by atoms with Crippen LogP contribution in [-0.2, 0) is 4.79 Å². The summed E-state index contributed by atoms with van der Waals surface area (Å²) in [6, 6.07) is 18.1. The van der Waals surface area contributed by atoms with Crippen molar-refractivity contribution in [1.82, 2.24) is 9.97 Å². The third-order valence-electron chi connectivity index (χ3n) is 4.16. The van der Waals surface area contributed by atoms with Crippen molar-refractivity contribution in [3.05, 3.63) is 70.5 Å². The van der Waals surface area contributed by atoms with Gasteiger partial charge in [-0.3, -0.25) is 9.59 Å². The number of carbonyl (C=O) groups excluding carboxylic acids is 1. The number of nitrogens with one attached hydrogen (secondary N) is 2. The molecule has 0 bridgehead atoms. The Morgan fingerprint density at radius 3 is 2.63 bits per heavy atom. The minimum absolute atomic E-state index is 0.0618. The molecule has 7 nitrogen and oxygen atoms in total. The maximum absolute atomic E-state index is 12.7. The normalized spacial score (nSPS) is 11.4. The van der Waals surface area contributed by atoms with Crippen LogP contribution in [0, 0.1) is 11.3 Å². The average molecular weight is 420 g/mol. The number of thioether (sulfide) groups is 1. The third kappa shape index (κ3) is 4.88. The fourth-order valence-electron chi connectivity index (χ4n) is 2.72. The first-order chi connectivity index (χ1) is 14.5. The highest BCUT2D eigenvalue weighted by Gasteiger charge is 2.20. The molecule has 0 saturated carbocycles. The van der Waals surface area contributed by atoms with E-state index in [0.29, 0.717) is 29.3 Å². The predicted octanol–water partition coefficient (Wildman–Crippen LogP) is 3.83. The highest BCUT2D eigenvalue weighted by molar-refractivity contribution is 8.00. The number of amides is 1. The zero-order valence-electron chi connectivity index (χ0n) is 16.5. The molecule has 0 aliphatic heterocycles. The Hall–Kier alpha value is -3.57. The molecule has 0 spiro atoms. The lowest BCUT2D eigenvalue weighted by molar-refractivity contribution is -0.115. The van der Waals surface area contributed by atoms with Crippen molar-refractivity contribution in [2.24, 2.45) is 0 Å². The van der Waals surface area contributed by atoms with Crippen LogP contribution >= 0.6 is 11.8 Å². The molecule has 3 aromatic rings. The van der Waals surface area contributed by atoms with Gasteiger partial charge < -0.3 is 15.0 Å². The maximum atomic E-state index is 12.7. The maximum Gasteiger partial charge on any atom is 0.270 e. The average Bonchev–Trinajstić information content (AvgIpc) is 2.75. The summed E-state index contributed by atoms with van der Waals surface area (Å²) in [6.45, 7) is 4.06. The molecule has 1 aromatic heterocycles. The van der Waals surface area contributed by atoms with Crippen molar-refractivity contribution < 1.29 is 9.53 Å². The van der Waals surface area contributed by atoms with Gasteiger partial charge in [-0.1, -0.05) is 54.2 Å². The molecule has 1 atom stereocenters. The van der Waals surface area contributed by atoms with E-state index in [-0.39, 0.29) is 16.6 Å². The largest absolute Gasteiger partial charge is 0.492 e. The molecule has 0 fully saturated rings. The Morgan fingerprint density at radius 2 is 1.93 bits per heavy atom. The molecule has 8 heteroatoms. The third-order valence-corrected chi connectivity index (χ3v) is 5.14. The lowest BCUT2D eigenvalue weighted by Gasteiger charge is -2.15. The molecular weight excluding hydrogens is 400 g/mol. The van der Waals surface area contributed by atoms with Crippen LogP contribution in [0.2, 0.25) is 0 Å². The SMILES string of the molecule is CCOc1ccccc1NC(=O)C(C)Sc1nc(-c2ccccc2)c(C#N)c(=O)[nH]1. The summed E-state index contributed by atoms with van der Waals surface area (Å²) in [6.07, 6.45) is 0. The predicted molar refractivity (Wildman–Crippen MR) is 117 cm³/mol. The summed E-state index contributed by atoms with van der Waals surface area (Å²) < 4.78 is 5.53. The zero-order chi connectivity index (χ0) is 21.5. The van der Waals surface area contributed by atoms with Crippen LogP contribution in [0.25, 0.3) is 11.3 Å². The van der Waals surface area contributed by atoms with Crippen molar-refractivity contribution in [1.29, 1.82) is 5.26 Å². The highest BCUT2D eigenvalue weighted by Crippen LogP contribution is 2.27. The second kappa shape index (κ2) is 9.76. The minimum Gasteiger partial charge on any atom is -0.492 e. The number of anilines is 1. The summed E-state index contributed by atoms with van der Waals surface area (Å²) in [5.74, 6) is 0.322. The van der Waals surface area contributed by atoms with E-state index in [1.165, 1.54) is 0 Å². The smallest absolute Gasteiger partial charge is 0.270 e. The van der Waals surface area contributed by atoms with Gasteiger partial charge >= 0.3 is 0 Å². The molecule has 2 N–H and O–H groups in total. The van der Waals surface area contributed by atoms with Crippen molar-refractivity contribution in [2.75, 3.05) is 11.9 Å². The first-order valence-electron chi connectivity index (χ1n) is 9.32. The fraction of sp³-hybridized carbons (Fsp3) is 0.182. The van der Waals surface area contributed by atoms with Crippen LogP contribution in [0.1, 0.15) is 19.4 Å². The summed E-state index contributed by atoms with van der Waals surface area (Å²) in [5.41, 5.74) is 0.919. The van der Waals surface area contributed by atoms with Gasteiger partial charge in [0.2, 0.25) is 5.91 Å². The molecule has 1 heterocycles. The van der Waals surface area contributed by atoms with E-state index in [2.05, 4.69) is 15.3 Å². The number of nitrogens with zero attached hydrogens (tertiary/aromatic N) is 2. The molecular formula is C22H20N4O3S. The van der Waals surface area contributed by atoms with Crippen molar-refractivity contribution in [2.45, 2.75) is 24.3 Å². The summed E-state index contributed by atoms with van der Waals surface area (Å²) in [5, 5.41) is 11.9. The minimum atomic E-state index is -0.556. The van der Waals surface area contributed by atoms with Crippen LogP contribution in [0.4, 0.5) is 5.69 Å². The van der Waals surface area contributed by atoms with Crippen molar-refractivity contribution >= 4 is 23.4 Å². The number of aromatic amines is 1. The number of nitriles is 1. The van der Waals surface area contributed by atoms with Gasteiger partial charge in [0.25, 0.3) is 5.56 Å². The molecule has 0 aliphatic carbocycles. The Labute approximate surface area is 178 Å². The molecule has 152 valence electrons. The molecule has 1 amide bonds. The van der Waals surface area contributed by atoms with E-state index >= 15 is 0 Å². The number of rotatable bonds is 7. The lowest BCUT2D eigenvalue weighted by atomic mass is 10.1. The highest BCUT2D eigenvalue weighted by atomic mass is 32.2. The van der Waals surface area contributed by atoms with E-state index in [0.717, 1.165) is 11.8 Å². The van der Waals surface area contributed by atoms with Gasteiger partial charge in [0.1, 0.15) is 17.4 Å². The van der Waals surface area contributed by atoms with E-state index in [4.69, 9.17) is 4.74 Å².